The van der Waals surface area contributed by atoms with Crippen LogP contribution in [0.3, 0.4) is 0 Å². The summed E-state index contributed by atoms with van der Waals surface area (Å²) in [6.07, 6.45) is 0. The summed E-state index contributed by atoms with van der Waals surface area (Å²) in [5.41, 5.74) is 1.17. The summed E-state index contributed by atoms with van der Waals surface area (Å²) in [6, 6.07) is 17.9. The maximum atomic E-state index is 12.4. The Morgan fingerprint density at radius 3 is 2.36 bits per heavy atom. The van der Waals surface area contributed by atoms with Gasteiger partial charge in [-0.1, -0.05) is 47.7 Å². The SMILES string of the molecule is CCOC(=O)c1nn(-c2ccccc2)c(=NC(=O)c2ccccc2)s1. The van der Waals surface area contributed by atoms with Crippen LogP contribution in [0.5, 0.6) is 0 Å². The van der Waals surface area contributed by atoms with Gasteiger partial charge >= 0.3 is 5.97 Å². The predicted molar refractivity (Wildman–Crippen MR) is 93.7 cm³/mol. The normalized spacial score (nSPS) is 11.3. The van der Waals surface area contributed by atoms with Crippen LogP contribution in [0.2, 0.25) is 0 Å². The van der Waals surface area contributed by atoms with E-state index in [1.165, 1.54) is 4.68 Å². The highest BCUT2D eigenvalue weighted by molar-refractivity contribution is 7.10. The lowest BCUT2D eigenvalue weighted by Crippen LogP contribution is -2.16. The summed E-state index contributed by atoms with van der Waals surface area (Å²) in [7, 11) is 0. The zero-order valence-corrected chi connectivity index (χ0v) is 14.3. The standard InChI is InChI=1S/C18H15N3O3S/c1-2-24-17(23)16-20-21(14-11-7-4-8-12-14)18(25-16)19-15(22)13-9-5-3-6-10-13/h3-12H,2H2,1H3. The van der Waals surface area contributed by atoms with Gasteiger partial charge in [-0.05, 0) is 31.2 Å². The van der Waals surface area contributed by atoms with Crippen molar-refractivity contribution in [3.8, 4) is 5.69 Å². The van der Waals surface area contributed by atoms with Crippen molar-refractivity contribution >= 4 is 23.2 Å². The molecule has 0 unspecified atom stereocenters. The predicted octanol–water partition coefficient (Wildman–Crippen LogP) is 2.85. The Morgan fingerprint density at radius 1 is 1.08 bits per heavy atom. The summed E-state index contributed by atoms with van der Waals surface area (Å²) < 4.78 is 6.46. The quantitative estimate of drug-likeness (QED) is 0.676. The van der Waals surface area contributed by atoms with Crippen LogP contribution in [0.4, 0.5) is 0 Å². The number of hydrogen-bond acceptors (Lipinski definition) is 5. The largest absolute Gasteiger partial charge is 0.461 e. The lowest BCUT2D eigenvalue weighted by atomic mass is 10.2. The number of carbonyl (C=O) groups excluding carboxylic acids is 2. The number of esters is 1. The Morgan fingerprint density at radius 2 is 1.72 bits per heavy atom. The van der Waals surface area contributed by atoms with E-state index in [1.807, 2.05) is 36.4 Å². The van der Waals surface area contributed by atoms with Crippen LogP contribution in [0.25, 0.3) is 5.69 Å². The van der Waals surface area contributed by atoms with Crippen molar-refractivity contribution in [2.45, 2.75) is 6.92 Å². The summed E-state index contributed by atoms with van der Waals surface area (Å²) in [4.78, 5) is 28.8. The fourth-order valence-corrected chi connectivity index (χ4v) is 2.90. The van der Waals surface area contributed by atoms with E-state index in [9.17, 15) is 9.59 Å². The lowest BCUT2D eigenvalue weighted by molar-refractivity contribution is 0.0524. The number of benzene rings is 2. The molecule has 0 saturated carbocycles. The van der Waals surface area contributed by atoms with Gasteiger partial charge in [-0.25, -0.2) is 9.48 Å². The first-order valence-electron chi connectivity index (χ1n) is 7.66. The third-order valence-corrected chi connectivity index (χ3v) is 4.12. The minimum absolute atomic E-state index is 0.144. The van der Waals surface area contributed by atoms with E-state index in [4.69, 9.17) is 4.74 Å². The van der Waals surface area contributed by atoms with Crippen molar-refractivity contribution in [1.29, 1.82) is 0 Å². The van der Waals surface area contributed by atoms with E-state index in [1.54, 1.807) is 31.2 Å². The van der Waals surface area contributed by atoms with Gasteiger partial charge in [-0.2, -0.15) is 4.99 Å². The van der Waals surface area contributed by atoms with Crippen LogP contribution < -0.4 is 4.80 Å². The lowest BCUT2D eigenvalue weighted by Gasteiger charge is -2.00. The highest BCUT2D eigenvalue weighted by Gasteiger charge is 2.16. The van der Waals surface area contributed by atoms with Crippen LogP contribution >= 0.6 is 11.3 Å². The molecule has 2 aromatic carbocycles. The summed E-state index contributed by atoms with van der Waals surface area (Å²) in [5.74, 6) is -0.935. The van der Waals surface area contributed by atoms with E-state index in [2.05, 4.69) is 10.1 Å². The Balaban J connectivity index is 2.09. The highest BCUT2D eigenvalue weighted by atomic mass is 32.1. The maximum absolute atomic E-state index is 12.4. The monoisotopic (exact) mass is 353 g/mol. The molecule has 25 heavy (non-hydrogen) atoms. The van der Waals surface area contributed by atoms with E-state index in [0.29, 0.717) is 16.1 Å². The maximum Gasteiger partial charge on any atom is 0.369 e. The average Bonchev–Trinajstić information content (AvgIpc) is 3.07. The van der Waals surface area contributed by atoms with Crippen LogP contribution in [0, 0.1) is 0 Å². The zero-order chi connectivity index (χ0) is 17.6. The number of nitrogens with zero attached hydrogens (tertiary/aromatic N) is 3. The molecule has 3 rings (SSSR count). The van der Waals surface area contributed by atoms with E-state index in [0.717, 1.165) is 11.3 Å². The van der Waals surface area contributed by atoms with Crippen molar-refractivity contribution in [2.24, 2.45) is 4.99 Å². The molecule has 0 bridgehead atoms. The molecule has 0 atom stereocenters. The molecule has 0 aliphatic rings. The molecule has 0 aliphatic carbocycles. The number of hydrogen-bond donors (Lipinski definition) is 0. The molecule has 0 fully saturated rings. The summed E-state index contributed by atoms with van der Waals surface area (Å²) in [6.45, 7) is 1.97. The Hall–Kier alpha value is -3.06. The summed E-state index contributed by atoms with van der Waals surface area (Å²) >= 11 is 1.02. The fourth-order valence-electron chi connectivity index (χ4n) is 2.10. The number of aromatic nitrogens is 2. The first-order chi connectivity index (χ1) is 12.2. The molecule has 0 N–H and O–H groups in total. The molecular weight excluding hydrogens is 338 g/mol. The number of amides is 1. The third-order valence-electron chi connectivity index (χ3n) is 3.23. The van der Waals surface area contributed by atoms with Crippen molar-refractivity contribution in [2.75, 3.05) is 6.61 Å². The second kappa shape index (κ2) is 7.67. The smallest absolute Gasteiger partial charge is 0.369 e. The minimum atomic E-state index is -0.536. The van der Waals surface area contributed by atoms with Gasteiger partial charge in [0.15, 0.2) is 0 Å². The molecule has 7 heteroatoms. The van der Waals surface area contributed by atoms with Gasteiger partial charge in [0.2, 0.25) is 9.81 Å². The topological polar surface area (TPSA) is 73.5 Å². The first kappa shape index (κ1) is 16.8. The highest BCUT2D eigenvalue weighted by Crippen LogP contribution is 2.09. The van der Waals surface area contributed by atoms with Gasteiger partial charge in [0.1, 0.15) is 0 Å². The van der Waals surface area contributed by atoms with E-state index in [-0.39, 0.29) is 11.6 Å². The van der Waals surface area contributed by atoms with Crippen LogP contribution in [0.15, 0.2) is 65.7 Å². The van der Waals surface area contributed by atoms with Crippen LogP contribution in [-0.4, -0.2) is 28.3 Å². The van der Waals surface area contributed by atoms with Crippen LogP contribution in [0.1, 0.15) is 27.1 Å². The molecule has 1 amide bonds. The van der Waals surface area contributed by atoms with Crippen LogP contribution in [-0.2, 0) is 4.74 Å². The molecule has 3 aromatic rings. The van der Waals surface area contributed by atoms with Crippen molar-refractivity contribution in [1.82, 2.24) is 9.78 Å². The average molecular weight is 353 g/mol. The fraction of sp³-hybridized carbons (Fsp3) is 0.111. The third kappa shape index (κ3) is 3.89. The van der Waals surface area contributed by atoms with Crippen molar-refractivity contribution in [3.05, 3.63) is 76.0 Å². The summed E-state index contributed by atoms with van der Waals surface area (Å²) in [5, 5.41) is 4.40. The second-order valence-corrected chi connectivity index (χ2v) is 5.90. The molecule has 0 radical (unpaired) electrons. The molecule has 0 aliphatic heterocycles. The Bertz CT molecular complexity index is 946. The van der Waals surface area contributed by atoms with Gasteiger partial charge < -0.3 is 4.74 Å². The van der Waals surface area contributed by atoms with Gasteiger partial charge in [-0.15, -0.1) is 5.10 Å². The molecule has 6 nitrogen and oxygen atoms in total. The number of rotatable bonds is 4. The molecule has 126 valence electrons. The van der Waals surface area contributed by atoms with E-state index < -0.39 is 11.9 Å². The number of para-hydroxylation sites is 1. The second-order valence-electron chi connectivity index (χ2n) is 4.94. The molecule has 1 aromatic heterocycles. The number of ether oxygens (including phenoxy) is 1. The van der Waals surface area contributed by atoms with E-state index >= 15 is 0 Å². The Labute approximate surface area is 148 Å². The van der Waals surface area contributed by atoms with Gasteiger partial charge in [-0.3, -0.25) is 4.79 Å². The van der Waals surface area contributed by atoms with Gasteiger partial charge in [0.05, 0.1) is 12.3 Å². The van der Waals surface area contributed by atoms with Crippen molar-refractivity contribution < 1.29 is 14.3 Å². The van der Waals surface area contributed by atoms with Gasteiger partial charge in [0, 0.05) is 5.56 Å². The zero-order valence-electron chi connectivity index (χ0n) is 13.5. The van der Waals surface area contributed by atoms with Crippen molar-refractivity contribution in [3.63, 3.8) is 0 Å². The molecule has 0 spiro atoms. The molecule has 0 saturated heterocycles. The van der Waals surface area contributed by atoms with Gasteiger partial charge in [0.25, 0.3) is 5.91 Å². The molecule has 1 heterocycles. The minimum Gasteiger partial charge on any atom is -0.461 e. The Kier molecular flexibility index (Phi) is 5.15. The number of carbonyl (C=O) groups is 2. The molecular formula is C18H15N3O3S. The first-order valence-corrected chi connectivity index (χ1v) is 8.47.